The van der Waals surface area contributed by atoms with E-state index in [1.807, 2.05) is 0 Å². The van der Waals surface area contributed by atoms with E-state index in [9.17, 15) is 0 Å². The normalized spacial score (nSPS) is 16.8. The monoisotopic (exact) mass is 238 g/mol. The lowest BCUT2D eigenvalue weighted by Gasteiger charge is -2.24. The first kappa shape index (κ1) is 16.7. The Bertz CT molecular complexity index is 192. The van der Waals surface area contributed by atoms with E-state index >= 15 is 0 Å². The van der Waals surface area contributed by atoms with Crippen LogP contribution in [-0.2, 0) is 0 Å². The minimum Gasteiger partial charge on any atom is -0.103 e. The van der Waals surface area contributed by atoms with Crippen molar-refractivity contribution in [1.82, 2.24) is 0 Å². The summed E-state index contributed by atoms with van der Waals surface area (Å²) in [6, 6.07) is 0. The van der Waals surface area contributed by atoms with Crippen molar-refractivity contribution in [1.29, 1.82) is 0 Å². The maximum absolute atomic E-state index is 3.97. The first-order valence-electron chi connectivity index (χ1n) is 7.57. The highest BCUT2D eigenvalue weighted by molar-refractivity contribution is 4.90. The average molecular weight is 238 g/mol. The number of allylic oxidation sites excluding steroid dienone is 1. The summed E-state index contributed by atoms with van der Waals surface area (Å²) in [6.07, 6.45) is 11.6. The fraction of sp³-hybridized carbons (Fsp3) is 0.882. The second kappa shape index (κ2) is 8.78. The van der Waals surface area contributed by atoms with Gasteiger partial charge in [-0.3, -0.25) is 0 Å². The van der Waals surface area contributed by atoms with Crippen LogP contribution in [0.25, 0.3) is 0 Å². The van der Waals surface area contributed by atoms with Crippen molar-refractivity contribution in [2.45, 2.75) is 79.6 Å². The molecule has 0 aromatic heterocycles. The van der Waals surface area contributed by atoms with E-state index in [1.54, 1.807) is 0 Å². The van der Waals surface area contributed by atoms with Crippen molar-refractivity contribution in [2.75, 3.05) is 0 Å². The topological polar surface area (TPSA) is 0 Å². The Labute approximate surface area is 110 Å². The predicted octanol–water partition coefficient (Wildman–Crippen LogP) is 6.22. The van der Waals surface area contributed by atoms with E-state index in [-0.39, 0.29) is 0 Å². The molecule has 0 bridgehead atoms. The maximum Gasteiger partial charge on any atom is -0.0152 e. The third kappa shape index (κ3) is 8.46. The van der Waals surface area contributed by atoms with Crippen LogP contribution in [0.1, 0.15) is 79.6 Å². The van der Waals surface area contributed by atoms with Gasteiger partial charge < -0.3 is 0 Å². The highest BCUT2D eigenvalue weighted by atomic mass is 14.2. The summed E-state index contributed by atoms with van der Waals surface area (Å²) in [5.74, 6) is 1.77. The van der Waals surface area contributed by atoms with Gasteiger partial charge in [0.15, 0.2) is 0 Å². The van der Waals surface area contributed by atoms with E-state index in [1.165, 1.54) is 44.9 Å². The zero-order valence-corrected chi connectivity index (χ0v) is 12.9. The van der Waals surface area contributed by atoms with Crippen molar-refractivity contribution in [3.05, 3.63) is 12.7 Å². The summed E-state index contributed by atoms with van der Waals surface area (Å²) < 4.78 is 0. The molecule has 0 aromatic rings. The Morgan fingerprint density at radius 1 is 1.06 bits per heavy atom. The van der Waals surface area contributed by atoms with Crippen LogP contribution >= 0.6 is 0 Å². The minimum absolute atomic E-state index is 0.373. The van der Waals surface area contributed by atoms with Gasteiger partial charge in [-0.25, -0.2) is 0 Å². The van der Waals surface area contributed by atoms with Crippen LogP contribution < -0.4 is 0 Å². The van der Waals surface area contributed by atoms with Gasteiger partial charge in [-0.15, -0.1) is 6.58 Å². The summed E-state index contributed by atoms with van der Waals surface area (Å²) in [5, 5.41) is 0. The van der Waals surface area contributed by atoms with Crippen molar-refractivity contribution < 1.29 is 0 Å². The highest BCUT2D eigenvalue weighted by Gasteiger charge is 2.17. The molecule has 0 rings (SSSR count). The molecular formula is C17H34. The Morgan fingerprint density at radius 2 is 1.65 bits per heavy atom. The number of rotatable bonds is 10. The van der Waals surface area contributed by atoms with Gasteiger partial charge in [-0.1, -0.05) is 72.8 Å². The van der Waals surface area contributed by atoms with Gasteiger partial charge in [-0.05, 0) is 30.1 Å². The molecule has 2 atom stereocenters. The van der Waals surface area contributed by atoms with Crippen LogP contribution in [0.2, 0.25) is 0 Å². The molecule has 0 saturated carbocycles. The summed E-state index contributed by atoms with van der Waals surface area (Å²) in [7, 11) is 0. The van der Waals surface area contributed by atoms with Gasteiger partial charge >= 0.3 is 0 Å². The summed E-state index contributed by atoms with van der Waals surface area (Å²) >= 11 is 0. The molecule has 102 valence electrons. The molecule has 0 saturated heterocycles. The minimum atomic E-state index is 0.373. The molecule has 0 aliphatic heterocycles. The fourth-order valence-corrected chi connectivity index (χ4v) is 2.30. The van der Waals surface area contributed by atoms with Crippen LogP contribution in [0.5, 0.6) is 0 Å². The molecule has 0 radical (unpaired) electrons. The first-order valence-corrected chi connectivity index (χ1v) is 7.57. The van der Waals surface area contributed by atoms with Gasteiger partial charge in [0.2, 0.25) is 0 Å². The van der Waals surface area contributed by atoms with Crippen LogP contribution in [-0.4, -0.2) is 0 Å². The standard InChI is InChI=1S/C17H34/c1-7-17(6,8-2)14-10-13-16(5)12-9-11-15(3)4/h7,15-16H,1,8-14H2,2-6H3. The Balaban J connectivity index is 3.63. The van der Waals surface area contributed by atoms with E-state index in [0.717, 1.165) is 11.8 Å². The average Bonchev–Trinajstić information content (AvgIpc) is 2.28. The Morgan fingerprint density at radius 3 is 2.12 bits per heavy atom. The van der Waals surface area contributed by atoms with E-state index in [2.05, 4.69) is 47.3 Å². The molecule has 17 heavy (non-hydrogen) atoms. The summed E-state index contributed by atoms with van der Waals surface area (Å²) in [4.78, 5) is 0. The van der Waals surface area contributed by atoms with E-state index in [0.29, 0.717) is 5.41 Å². The zero-order valence-electron chi connectivity index (χ0n) is 12.9. The lowest BCUT2D eigenvalue weighted by atomic mass is 9.81. The second-order valence-corrected chi connectivity index (χ2v) is 6.53. The Kier molecular flexibility index (Phi) is 8.64. The fourth-order valence-electron chi connectivity index (χ4n) is 2.30. The third-order valence-electron chi connectivity index (χ3n) is 4.22. The van der Waals surface area contributed by atoms with Crippen molar-refractivity contribution >= 4 is 0 Å². The smallest absolute Gasteiger partial charge is 0.0152 e. The molecule has 0 aliphatic carbocycles. The van der Waals surface area contributed by atoms with Crippen molar-refractivity contribution in [3.63, 3.8) is 0 Å². The molecule has 2 unspecified atom stereocenters. The zero-order chi connectivity index (χ0) is 13.3. The van der Waals surface area contributed by atoms with Crippen LogP contribution in [0.3, 0.4) is 0 Å². The SMILES string of the molecule is C=CC(C)(CC)CCCC(C)CCCC(C)C. The van der Waals surface area contributed by atoms with Crippen molar-refractivity contribution in [3.8, 4) is 0 Å². The van der Waals surface area contributed by atoms with Gasteiger partial charge in [0.25, 0.3) is 0 Å². The van der Waals surface area contributed by atoms with E-state index < -0.39 is 0 Å². The molecule has 0 fully saturated rings. The molecule has 0 heterocycles. The van der Waals surface area contributed by atoms with Gasteiger partial charge in [0.05, 0.1) is 0 Å². The third-order valence-corrected chi connectivity index (χ3v) is 4.22. The van der Waals surface area contributed by atoms with Gasteiger partial charge in [0.1, 0.15) is 0 Å². The van der Waals surface area contributed by atoms with Gasteiger partial charge in [0, 0.05) is 0 Å². The van der Waals surface area contributed by atoms with Crippen LogP contribution in [0, 0.1) is 17.3 Å². The molecular weight excluding hydrogens is 204 g/mol. The molecule has 0 spiro atoms. The predicted molar refractivity (Wildman–Crippen MR) is 80.3 cm³/mol. The highest BCUT2D eigenvalue weighted by Crippen LogP contribution is 2.30. The maximum atomic E-state index is 3.97. The van der Waals surface area contributed by atoms with Crippen molar-refractivity contribution in [2.24, 2.45) is 17.3 Å². The molecule has 0 heteroatoms. The Hall–Kier alpha value is -0.260. The lowest BCUT2D eigenvalue weighted by molar-refractivity contribution is 0.335. The number of hydrogen-bond donors (Lipinski definition) is 0. The van der Waals surface area contributed by atoms with Gasteiger partial charge in [-0.2, -0.15) is 0 Å². The molecule has 0 aromatic carbocycles. The number of hydrogen-bond acceptors (Lipinski definition) is 0. The van der Waals surface area contributed by atoms with Crippen LogP contribution in [0.4, 0.5) is 0 Å². The second-order valence-electron chi connectivity index (χ2n) is 6.53. The molecule has 0 amide bonds. The molecule has 0 N–H and O–H groups in total. The van der Waals surface area contributed by atoms with E-state index in [4.69, 9.17) is 0 Å². The van der Waals surface area contributed by atoms with Crippen LogP contribution in [0.15, 0.2) is 12.7 Å². The molecule has 0 nitrogen and oxygen atoms in total. The quantitative estimate of drug-likeness (QED) is 0.396. The summed E-state index contributed by atoms with van der Waals surface area (Å²) in [6.45, 7) is 15.6. The molecule has 0 aliphatic rings. The first-order chi connectivity index (χ1) is 7.93. The lowest BCUT2D eigenvalue weighted by Crippen LogP contribution is -2.11. The summed E-state index contributed by atoms with van der Waals surface area (Å²) in [5.41, 5.74) is 0.373. The largest absolute Gasteiger partial charge is 0.103 e.